The summed E-state index contributed by atoms with van der Waals surface area (Å²) in [6.45, 7) is -0.300. The minimum absolute atomic E-state index is 0.167. The molecule has 0 atom stereocenters. The van der Waals surface area contributed by atoms with Crippen LogP contribution in [0, 0.1) is 0 Å². The highest BCUT2D eigenvalue weighted by atomic mass is 16.3. The van der Waals surface area contributed by atoms with E-state index in [-0.39, 0.29) is 17.6 Å². The average Bonchev–Trinajstić information content (AvgIpc) is 2.39. The van der Waals surface area contributed by atoms with Crippen LogP contribution in [-0.4, -0.2) is 5.11 Å². The molecule has 0 aliphatic rings. The van der Waals surface area contributed by atoms with Gasteiger partial charge in [-0.25, -0.2) is 0 Å². The Morgan fingerprint density at radius 2 is 1.88 bits per heavy atom. The van der Waals surface area contributed by atoms with Gasteiger partial charge in [-0.1, -0.05) is 30.3 Å². The van der Waals surface area contributed by atoms with Gasteiger partial charge in [-0.3, -0.25) is 4.79 Å². The van der Waals surface area contributed by atoms with E-state index in [1.807, 2.05) is 30.3 Å². The summed E-state index contributed by atoms with van der Waals surface area (Å²) in [5.74, 6) is 0. The average molecular weight is 226 g/mol. The Bertz CT molecular complexity index is 756. The minimum atomic E-state index is -0.300. The van der Waals surface area contributed by atoms with E-state index in [1.54, 1.807) is 6.07 Å². The van der Waals surface area contributed by atoms with Crippen molar-refractivity contribution >= 4 is 21.7 Å². The molecule has 0 saturated heterocycles. The maximum atomic E-state index is 12.0. The van der Waals surface area contributed by atoms with Crippen LogP contribution >= 0.6 is 0 Å². The first-order chi connectivity index (χ1) is 8.31. The molecule has 1 N–H and O–H groups in total. The Morgan fingerprint density at radius 3 is 2.71 bits per heavy atom. The van der Waals surface area contributed by atoms with Crippen LogP contribution in [0.1, 0.15) is 5.56 Å². The van der Waals surface area contributed by atoms with Crippen molar-refractivity contribution in [2.24, 2.45) is 0 Å². The Labute approximate surface area is 96.9 Å². The number of rotatable bonds is 1. The van der Waals surface area contributed by atoms with Gasteiger partial charge in [0.15, 0.2) is 5.43 Å². The van der Waals surface area contributed by atoms with E-state index < -0.39 is 0 Å². The standard InChI is InChI=1S/C14H10O3/c15-7-10-8-17-14-11-4-2-1-3-9(11)5-6-12(14)13(10)16/h1-6,8,15H,7H2. The van der Waals surface area contributed by atoms with Crippen molar-refractivity contribution in [3.05, 3.63) is 58.4 Å². The number of aliphatic hydroxyl groups excluding tert-OH is 1. The van der Waals surface area contributed by atoms with Gasteiger partial charge in [0.2, 0.25) is 0 Å². The topological polar surface area (TPSA) is 50.4 Å². The van der Waals surface area contributed by atoms with Gasteiger partial charge >= 0.3 is 0 Å². The second-order valence-electron chi connectivity index (χ2n) is 3.91. The highest BCUT2D eigenvalue weighted by Crippen LogP contribution is 2.23. The lowest BCUT2D eigenvalue weighted by Gasteiger charge is -2.03. The Kier molecular flexibility index (Phi) is 2.20. The smallest absolute Gasteiger partial charge is 0.198 e. The van der Waals surface area contributed by atoms with E-state index in [1.165, 1.54) is 6.26 Å². The van der Waals surface area contributed by atoms with Crippen LogP contribution in [0.4, 0.5) is 0 Å². The monoisotopic (exact) mass is 226 g/mol. The summed E-state index contributed by atoms with van der Waals surface area (Å²) < 4.78 is 5.47. The number of hydrogen-bond donors (Lipinski definition) is 1. The second kappa shape index (κ2) is 3.71. The van der Waals surface area contributed by atoms with Crippen molar-refractivity contribution in [2.75, 3.05) is 0 Å². The molecule has 2 aromatic carbocycles. The van der Waals surface area contributed by atoms with Crippen LogP contribution in [0.2, 0.25) is 0 Å². The van der Waals surface area contributed by atoms with Gasteiger partial charge in [-0.2, -0.15) is 0 Å². The Hall–Kier alpha value is -2.13. The zero-order valence-electron chi connectivity index (χ0n) is 9.01. The van der Waals surface area contributed by atoms with Crippen molar-refractivity contribution in [1.29, 1.82) is 0 Å². The minimum Gasteiger partial charge on any atom is -0.463 e. The zero-order valence-corrected chi connectivity index (χ0v) is 9.01. The summed E-state index contributed by atoms with van der Waals surface area (Å²) >= 11 is 0. The molecule has 0 aliphatic heterocycles. The molecule has 0 saturated carbocycles. The van der Waals surface area contributed by atoms with Crippen molar-refractivity contribution < 1.29 is 9.52 Å². The first-order valence-electron chi connectivity index (χ1n) is 5.34. The van der Waals surface area contributed by atoms with Crippen LogP contribution in [0.25, 0.3) is 21.7 Å². The predicted octanol–water partition coefficient (Wildman–Crippen LogP) is 2.44. The molecule has 17 heavy (non-hydrogen) atoms. The maximum Gasteiger partial charge on any atom is 0.198 e. The molecule has 1 aromatic heterocycles. The quantitative estimate of drug-likeness (QED) is 0.648. The van der Waals surface area contributed by atoms with Gasteiger partial charge in [-0.15, -0.1) is 0 Å². The van der Waals surface area contributed by atoms with Gasteiger partial charge in [0.1, 0.15) is 11.8 Å². The van der Waals surface area contributed by atoms with Gasteiger partial charge in [0.05, 0.1) is 17.6 Å². The lowest BCUT2D eigenvalue weighted by Crippen LogP contribution is -2.08. The van der Waals surface area contributed by atoms with Gasteiger partial charge in [-0.05, 0) is 11.5 Å². The van der Waals surface area contributed by atoms with Gasteiger partial charge < -0.3 is 9.52 Å². The van der Waals surface area contributed by atoms with Gasteiger partial charge in [0.25, 0.3) is 0 Å². The Balaban J connectivity index is 2.53. The second-order valence-corrected chi connectivity index (χ2v) is 3.91. The molecule has 0 unspecified atom stereocenters. The molecule has 0 aliphatic carbocycles. The molecule has 0 fully saturated rings. The van der Waals surface area contributed by atoms with Gasteiger partial charge in [0, 0.05) is 5.39 Å². The maximum absolute atomic E-state index is 12.0. The van der Waals surface area contributed by atoms with Crippen LogP contribution in [0.5, 0.6) is 0 Å². The molecule has 0 bridgehead atoms. The van der Waals surface area contributed by atoms with E-state index in [9.17, 15) is 4.79 Å². The lowest BCUT2D eigenvalue weighted by molar-refractivity contribution is 0.277. The summed E-state index contributed by atoms with van der Waals surface area (Å²) in [5.41, 5.74) is 0.692. The predicted molar refractivity (Wildman–Crippen MR) is 65.9 cm³/mol. The summed E-state index contributed by atoms with van der Waals surface area (Å²) in [6.07, 6.45) is 1.33. The number of hydrogen-bond acceptors (Lipinski definition) is 3. The molecule has 3 aromatic rings. The van der Waals surface area contributed by atoms with E-state index in [4.69, 9.17) is 9.52 Å². The molecule has 0 spiro atoms. The van der Waals surface area contributed by atoms with Crippen molar-refractivity contribution in [3.8, 4) is 0 Å². The molecule has 3 rings (SSSR count). The fourth-order valence-electron chi connectivity index (χ4n) is 2.01. The molecule has 0 amide bonds. The van der Waals surface area contributed by atoms with Crippen LogP contribution in [0.3, 0.4) is 0 Å². The summed E-state index contributed by atoms with van der Waals surface area (Å²) in [6, 6.07) is 11.3. The van der Waals surface area contributed by atoms with Crippen molar-refractivity contribution in [1.82, 2.24) is 0 Å². The van der Waals surface area contributed by atoms with Crippen molar-refractivity contribution in [2.45, 2.75) is 6.61 Å². The molecule has 84 valence electrons. The van der Waals surface area contributed by atoms with Crippen LogP contribution in [0.15, 0.2) is 51.9 Å². The fraction of sp³-hybridized carbons (Fsp3) is 0.0714. The van der Waals surface area contributed by atoms with E-state index in [0.717, 1.165) is 10.8 Å². The molecular weight excluding hydrogens is 216 g/mol. The van der Waals surface area contributed by atoms with E-state index in [2.05, 4.69) is 0 Å². The van der Waals surface area contributed by atoms with Crippen molar-refractivity contribution in [3.63, 3.8) is 0 Å². The largest absolute Gasteiger partial charge is 0.463 e. The first kappa shape index (κ1) is 10.1. The SMILES string of the molecule is O=c1c(CO)coc2c1ccc1ccccc12. The Morgan fingerprint density at radius 1 is 1.06 bits per heavy atom. The number of aliphatic hydroxyl groups is 1. The van der Waals surface area contributed by atoms with E-state index in [0.29, 0.717) is 11.0 Å². The number of benzene rings is 2. The van der Waals surface area contributed by atoms with E-state index >= 15 is 0 Å². The fourth-order valence-corrected chi connectivity index (χ4v) is 2.01. The highest BCUT2D eigenvalue weighted by molar-refractivity contribution is 6.03. The molecule has 3 nitrogen and oxygen atoms in total. The molecule has 3 heteroatoms. The number of fused-ring (bicyclic) bond motifs is 3. The zero-order chi connectivity index (χ0) is 11.8. The summed E-state index contributed by atoms with van der Waals surface area (Å²) in [5, 5.41) is 11.5. The third-order valence-corrected chi connectivity index (χ3v) is 2.91. The molecule has 0 radical (unpaired) electrons. The third-order valence-electron chi connectivity index (χ3n) is 2.91. The third kappa shape index (κ3) is 1.44. The van der Waals surface area contributed by atoms with Crippen LogP contribution in [-0.2, 0) is 6.61 Å². The highest BCUT2D eigenvalue weighted by Gasteiger charge is 2.08. The summed E-state index contributed by atoms with van der Waals surface area (Å²) in [4.78, 5) is 12.0. The van der Waals surface area contributed by atoms with Crippen LogP contribution < -0.4 is 5.43 Å². The normalized spacial score (nSPS) is 11.1. The lowest BCUT2D eigenvalue weighted by atomic mass is 10.1. The molecular formula is C14H10O3. The first-order valence-corrected chi connectivity index (χ1v) is 5.34. The molecule has 1 heterocycles. The summed E-state index contributed by atoms with van der Waals surface area (Å²) in [7, 11) is 0.